The van der Waals surface area contributed by atoms with Gasteiger partial charge >= 0.3 is 0 Å². The number of aliphatic imine (C=N–C) groups is 1. The summed E-state index contributed by atoms with van der Waals surface area (Å²) in [4.78, 5) is 7.09. The molecule has 1 aromatic carbocycles. The van der Waals surface area contributed by atoms with Crippen LogP contribution in [0.1, 0.15) is 40.2 Å². The molecule has 0 bridgehead atoms. The maximum Gasteiger partial charge on any atom is 0.191 e. The molecule has 0 radical (unpaired) electrons. The molecule has 0 aromatic heterocycles. The molecule has 0 heterocycles. The Labute approximate surface area is 162 Å². The van der Waals surface area contributed by atoms with Gasteiger partial charge in [0.2, 0.25) is 0 Å². The highest BCUT2D eigenvalue weighted by atomic mass is 32.2. The van der Waals surface area contributed by atoms with E-state index in [4.69, 9.17) is 0 Å². The van der Waals surface area contributed by atoms with Crippen LogP contribution in [0.4, 0.5) is 0 Å². The lowest BCUT2D eigenvalue weighted by atomic mass is 10.2. The Morgan fingerprint density at radius 3 is 2.35 bits per heavy atom. The largest absolute Gasteiger partial charge is 0.357 e. The Balaban J connectivity index is 2.40. The predicted molar refractivity (Wildman–Crippen MR) is 114 cm³/mol. The summed E-state index contributed by atoms with van der Waals surface area (Å²) in [5.74, 6) is 2.02. The highest BCUT2D eigenvalue weighted by Crippen LogP contribution is 2.04. The summed E-state index contributed by atoms with van der Waals surface area (Å²) in [6.07, 6.45) is 0. The molecule has 6 heteroatoms. The average Bonchev–Trinajstić information content (AvgIpc) is 2.58. The predicted octanol–water partition coefficient (Wildman–Crippen LogP) is 2.61. The molecule has 26 heavy (non-hydrogen) atoms. The van der Waals surface area contributed by atoms with E-state index in [1.807, 2.05) is 30.3 Å². The number of guanidine groups is 1. The van der Waals surface area contributed by atoms with E-state index in [0.29, 0.717) is 30.1 Å². The molecule has 0 aliphatic rings. The van der Waals surface area contributed by atoms with Gasteiger partial charge in [-0.1, -0.05) is 30.3 Å². The summed E-state index contributed by atoms with van der Waals surface area (Å²) in [6.45, 7) is 14.1. The lowest BCUT2D eigenvalue weighted by molar-refractivity contribution is 0.181. The van der Waals surface area contributed by atoms with E-state index in [1.54, 1.807) is 0 Å². The third-order valence-corrected chi connectivity index (χ3v) is 5.41. The van der Waals surface area contributed by atoms with Gasteiger partial charge in [-0.3, -0.25) is 14.1 Å². The molecule has 0 amide bonds. The highest BCUT2D eigenvalue weighted by Gasteiger charge is 2.12. The van der Waals surface area contributed by atoms with Crippen molar-refractivity contribution in [1.29, 1.82) is 0 Å². The SMILES string of the molecule is CCNC(=NCCN(C(C)C)C(C)C)NCCS(=O)Cc1ccccc1. The van der Waals surface area contributed by atoms with Gasteiger partial charge in [-0.2, -0.15) is 0 Å². The van der Waals surface area contributed by atoms with E-state index in [1.165, 1.54) is 0 Å². The fourth-order valence-corrected chi connectivity index (χ4v) is 3.89. The van der Waals surface area contributed by atoms with E-state index in [0.717, 1.165) is 31.2 Å². The topological polar surface area (TPSA) is 56.7 Å². The number of nitrogens with one attached hydrogen (secondary N) is 2. The van der Waals surface area contributed by atoms with Crippen LogP contribution in [0.15, 0.2) is 35.3 Å². The lowest BCUT2D eigenvalue weighted by Gasteiger charge is -2.29. The van der Waals surface area contributed by atoms with Crippen LogP contribution < -0.4 is 10.6 Å². The molecule has 0 spiro atoms. The molecule has 5 nitrogen and oxygen atoms in total. The van der Waals surface area contributed by atoms with E-state index >= 15 is 0 Å². The Morgan fingerprint density at radius 2 is 1.77 bits per heavy atom. The lowest BCUT2D eigenvalue weighted by Crippen LogP contribution is -2.41. The fraction of sp³-hybridized carbons (Fsp3) is 0.650. The second-order valence-electron chi connectivity index (χ2n) is 6.89. The summed E-state index contributed by atoms with van der Waals surface area (Å²) in [7, 11) is -0.870. The first-order valence-electron chi connectivity index (χ1n) is 9.60. The summed E-state index contributed by atoms with van der Waals surface area (Å²) < 4.78 is 12.2. The van der Waals surface area contributed by atoms with Gasteiger partial charge in [0, 0.05) is 54.0 Å². The molecule has 1 rings (SSSR count). The second-order valence-corrected chi connectivity index (χ2v) is 8.46. The Bertz CT molecular complexity index is 538. The molecule has 148 valence electrons. The van der Waals surface area contributed by atoms with Gasteiger partial charge in [0.15, 0.2) is 5.96 Å². The Morgan fingerprint density at radius 1 is 1.12 bits per heavy atom. The number of hydrogen-bond acceptors (Lipinski definition) is 3. The minimum Gasteiger partial charge on any atom is -0.357 e. The van der Waals surface area contributed by atoms with Gasteiger partial charge < -0.3 is 10.6 Å². The van der Waals surface area contributed by atoms with Crippen molar-refractivity contribution >= 4 is 16.8 Å². The zero-order valence-corrected chi connectivity index (χ0v) is 17.8. The molecular formula is C20H36N4OS. The second kappa shape index (κ2) is 12.9. The van der Waals surface area contributed by atoms with Crippen molar-refractivity contribution in [2.24, 2.45) is 4.99 Å². The summed E-state index contributed by atoms with van der Waals surface area (Å²) in [5, 5.41) is 6.56. The van der Waals surface area contributed by atoms with E-state index in [9.17, 15) is 4.21 Å². The van der Waals surface area contributed by atoms with Crippen LogP contribution in [0.5, 0.6) is 0 Å². The monoisotopic (exact) mass is 380 g/mol. The number of benzene rings is 1. The zero-order chi connectivity index (χ0) is 19.4. The van der Waals surface area contributed by atoms with Crippen molar-refractivity contribution in [2.45, 2.75) is 52.5 Å². The Kier molecular flexibility index (Phi) is 11.2. The molecule has 0 aliphatic carbocycles. The summed E-state index contributed by atoms with van der Waals surface area (Å²) in [5.41, 5.74) is 1.12. The minimum atomic E-state index is -0.870. The van der Waals surface area contributed by atoms with Crippen molar-refractivity contribution in [3.63, 3.8) is 0 Å². The fourth-order valence-electron chi connectivity index (χ4n) is 2.85. The number of nitrogens with zero attached hydrogens (tertiary/aromatic N) is 2. The number of hydrogen-bond donors (Lipinski definition) is 2. The third-order valence-electron chi connectivity index (χ3n) is 4.09. The Hall–Kier alpha value is -1.40. The quantitative estimate of drug-likeness (QED) is 0.458. The molecule has 1 unspecified atom stereocenters. The van der Waals surface area contributed by atoms with Crippen LogP contribution in [0, 0.1) is 0 Å². The summed E-state index contributed by atoms with van der Waals surface area (Å²) >= 11 is 0. The van der Waals surface area contributed by atoms with Gasteiger partial charge in [-0.05, 0) is 40.2 Å². The van der Waals surface area contributed by atoms with Gasteiger partial charge in [0.05, 0.1) is 6.54 Å². The summed E-state index contributed by atoms with van der Waals surface area (Å²) in [6, 6.07) is 11.0. The first kappa shape index (κ1) is 22.6. The maximum absolute atomic E-state index is 12.2. The molecular weight excluding hydrogens is 344 g/mol. The maximum atomic E-state index is 12.2. The molecule has 0 fully saturated rings. The van der Waals surface area contributed by atoms with Gasteiger partial charge in [-0.15, -0.1) is 0 Å². The standard InChI is InChI=1S/C20H36N4OS/c1-6-21-20(22-12-14-24(17(2)3)18(4)5)23-13-15-26(25)16-19-10-8-7-9-11-19/h7-11,17-18H,6,12-16H2,1-5H3,(H2,21,22,23). The van der Waals surface area contributed by atoms with Crippen LogP contribution in [0.25, 0.3) is 0 Å². The van der Waals surface area contributed by atoms with Crippen molar-refractivity contribution < 1.29 is 4.21 Å². The van der Waals surface area contributed by atoms with Crippen molar-refractivity contribution in [2.75, 3.05) is 31.9 Å². The van der Waals surface area contributed by atoms with Crippen molar-refractivity contribution in [3.8, 4) is 0 Å². The van der Waals surface area contributed by atoms with Gasteiger partial charge in [-0.25, -0.2) is 0 Å². The van der Waals surface area contributed by atoms with Crippen LogP contribution in [0.2, 0.25) is 0 Å². The van der Waals surface area contributed by atoms with Crippen molar-refractivity contribution in [3.05, 3.63) is 35.9 Å². The van der Waals surface area contributed by atoms with Crippen LogP contribution in [-0.4, -0.2) is 59.1 Å². The van der Waals surface area contributed by atoms with Gasteiger partial charge in [0.1, 0.15) is 0 Å². The third kappa shape index (κ3) is 9.34. The zero-order valence-electron chi connectivity index (χ0n) is 17.0. The molecule has 2 N–H and O–H groups in total. The normalized spacial score (nSPS) is 13.5. The van der Waals surface area contributed by atoms with E-state index in [2.05, 4.69) is 55.1 Å². The number of rotatable bonds is 11. The average molecular weight is 381 g/mol. The van der Waals surface area contributed by atoms with E-state index in [-0.39, 0.29) is 0 Å². The highest BCUT2D eigenvalue weighted by molar-refractivity contribution is 7.84. The molecule has 1 atom stereocenters. The van der Waals surface area contributed by atoms with E-state index < -0.39 is 10.8 Å². The minimum absolute atomic E-state index is 0.515. The molecule has 0 saturated heterocycles. The van der Waals surface area contributed by atoms with Gasteiger partial charge in [0.25, 0.3) is 0 Å². The van der Waals surface area contributed by atoms with Crippen LogP contribution in [0.3, 0.4) is 0 Å². The molecule has 0 aliphatic heterocycles. The molecule has 0 saturated carbocycles. The van der Waals surface area contributed by atoms with Crippen LogP contribution >= 0.6 is 0 Å². The van der Waals surface area contributed by atoms with Crippen LogP contribution in [-0.2, 0) is 16.6 Å². The van der Waals surface area contributed by atoms with Crippen molar-refractivity contribution in [1.82, 2.24) is 15.5 Å². The first-order valence-corrected chi connectivity index (χ1v) is 11.1. The smallest absolute Gasteiger partial charge is 0.191 e. The molecule has 1 aromatic rings. The first-order chi connectivity index (χ1) is 12.4.